The first-order valence-electron chi connectivity index (χ1n) is 5.09. The predicted molar refractivity (Wildman–Crippen MR) is 61.9 cm³/mol. The zero-order valence-electron chi connectivity index (χ0n) is 7.99. The Morgan fingerprint density at radius 3 is 3.14 bits per heavy atom. The second-order valence-corrected chi connectivity index (χ2v) is 4.86. The van der Waals surface area contributed by atoms with Crippen molar-refractivity contribution in [3.05, 3.63) is 34.7 Å². The summed E-state index contributed by atoms with van der Waals surface area (Å²) in [4.78, 5) is 0. The van der Waals surface area contributed by atoms with Crippen LogP contribution in [0.3, 0.4) is 0 Å². The molecule has 0 radical (unpaired) electrons. The Kier molecular flexibility index (Phi) is 1.85. The molecule has 1 aliphatic carbocycles. The van der Waals surface area contributed by atoms with Gasteiger partial charge in [0, 0.05) is 4.70 Å². The first-order chi connectivity index (χ1) is 6.90. The van der Waals surface area contributed by atoms with Gasteiger partial charge in [-0.1, -0.05) is 12.1 Å². The molecule has 2 heteroatoms. The lowest BCUT2D eigenvalue weighted by Crippen LogP contribution is -2.09. The Bertz CT molecular complexity index is 472. The van der Waals surface area contributed by atoms with Crippen molar-refractivity contribution in [3.8, 4) is 0 Å². The van der Waals surface area contributed by atoms with Crippen LogP contribution in [-0.2, 0) is 6.42 Å². The Balaban J connectivity index is 2.32. The maximum Gasteiger partial charge on any atom is 0.0380 e. The zero-order chi connectivity index (χ0) is 9.54. The van der Waals surface area contributed by atoms with Crippen LogP contribution in [0.5, 0.6) is 0 Å². The van der Waals surface area contributed by atoms with Crippen molar-refractivity contribution in [1.82, 2.24) is 0 Å². The second kappa shape index (κ2) is 3.07. The quantitative estimate of drug-likeness (QED) is 0.757. The molecule has 1 atom stereocenters. The van der Waals surface area contributed by atoms with Crippen LogP contribution < -0.4 is 5.73 Å². The molecule has 3 rings (SSSR count). The molecule has 2 aromatic rings. The van der Waals surface area contributed by atoms with Crippen molar-refractivity contribution in [1.29, 1.82) is 0 Å². The summed E-state index contributed by atoms with van der Waals surface area (Å²) in [6.45, 7) is 0.796. The molecular formula is C12H13NS. The number of aryl methyl sites for hydroxylation is 1. The molecule has 1 aliphatic rings. The van der Waals surface area contributed by atoms with E-state index < -0.39 is 0 Å². The van der Waals surface area contributed by atoms with E-state index in [1.807, 2.05) is 11.3 Å². The van der Waals surface area contributed by atoms with Gasteiger partial charge in [-0.2, -0.15) is 0 Å². The Labute approximate surface area is 87.5 Å². The average Bonchev–Trinajstić information content (AvgIpc) is 2.82. The summed E-state index contributed by atoms with van der Waals surface area (Å²) in [6, 6.07) is 6.72. The van der Waals surface area contributed by atoms with E-state index in [-0.39, 0.29) is 0 Å². The number of benzene rings is 1. The zero-order valence-corrected chi connectivity index (χ0v) is 8.81. The van der Waals surface area contributed by atoms with Crippen molar-refractivity contribution in [3.63, 3.8) is 0 Å². The van der Waals surface area contributed by atoms with Gasteiger partial charge in [0.15, 0.2) is 0 Å². The lowest BCUT2D eigenvalue weighted by Gasteiger charge is -2.08. The summed E-state index contributed by atoms with van der Waals surface area (Å²) in [5.74, 6) is 0.604. The molecule has 1 nitrogen and oxygen atoms in total. The Morgan fingerprint density at radius 1 is 1.36 bits per heavy atom. The van der Waals surface area contributed by atoms with Gasteiger partial charge in [0.25, 0.3) is 0 Å². The highest BCUT2D eigenvalue weighted by molar-refractivity contribution is 7.17. The van der Waals surface area contributed by atoms with Gasteiger partial charge in [-0.25, -0.2) is 0 Å². The van der Waals surface area contributed by atoms with Crippen molar-refractivity contribution in [2.75, 3.05) is 6.54 Å². The molecular weight excluding hydrogens is 190 g/mol. The first kappa shape index (κ1) is 8.45. The highest BCUT2D eigenvalue weighted by atomic mass is 32.1. The number of rotatable bonds is 1. The third kappa shape index (κ3) is 1.04. The smallest absolute Gasteiger partial charge is 0.0380 e. The molecule has 0 bridgehead atoms. The largest absolute Gasteiger partial charge is 0.330 e. The van der Waals surface area contributed by atoms with Crippen LogP contribution in [0.1, 0.15) is 23.5 Å². The van der Waals surface area contributed by atoms with Gasteiger partial charge in [0.05, 0.1) is 0 Å². The SMILES string of the molecule is NCC1CCc2ccc3ccsc3c21. The maximum absolute atomic E-state index is 5.81. The van der Waals surface area contributed by atoms with Crippen molar-refractivity contribution < 1.29 is 0 Å². The van der Waals surface area contributed by atoms with Gasteiger partial charge in [-0.05, 0) is 53.3 Å². The van der Waals surface area contributed by atoms with Gasteiger partial charge in [0.1, 0.15) is 0 Å². The van der Waals surface area contributed by atoms with E-state index in [0.29, 0.717) is 5.92 Å². The highest BCUT2D eigenvalue weighted by Gasteiger charge is 2.23. The first-order valence-corrected chi connectivity index (χ1v) is 5.97. The number of fused-ring (bicyclic) bond motifs is 3. The summed E-state index contributed by atoms with van der Waals surface area (Å²) < 4.78 is 1.47. The maximum atomic E-state index is 5.81. The monoisotopic (exact) mass is 203 g/mol. The molecule has 0 saturated carbocycles. The van der Waals surface area contributed by atoms with Gasteiger partial charge >= 0.3 is 0 Å². The molecule has 0 aliphatic heterocycles. The molecule has 1 aromatic heterocycles. The molecule has 1 unspecified atom stereocenters. The lowest BCUT2D eigenvalue weighted by molar-refractivity contribution is 0.692. The fourth-order valence-corrected chi connectivity index (χ4v) is 3.52. The lowest BCUT2D eigenvalue weighted by atomic mass is 10.0. The second-order valence-electron chi connectivity index (χ2n) is 3.95. The van der Waals surface area contributed by atoms with Crippen LogP contribution in [0, 0.1) is 0 Å². The molecule has 0 amide bonds. The molecule has 14 heavy (non-hydrogen) atoms. The van der Waals surface area contributed by atoms with E-state index in [0.717, 1.165) is 6.54 Å². The summed E-state index contributed by atoms with van der Waals surface area (Å²) in [7, 11) is 0. The number of nitrogens with two attached hydrogens (primary N) is 1. The average molecular weight is 203 g/mol. The van der Waals surface area contributed by atoms with Crippen molar-refractivity contribution in [2.45, 2.75) is 18.8 Å². The predicted octanol–water partition coefficient (Wildman–Crippen LogP) is 2.89. The molecule has 2 N–H and O–H groups in total. The highest BCUT2D eigenvalue weighted by Crippen LogP contribution is 2.39. The normalized spacial score (nSPS) is 20.2. The fourth-order valence-electron chi connectivity index (χ4n) is 2.47. The summed E-state index contributed by atoms with van der Waals surface area (Å²) in [5, 5.41) is 3.56. The van der Waals surface area contributed by atoms with Crippen LogP contribution in [-0.4, -0.2) is 6.54 Å². The van der Waals surface area contributed by atoms with Gasteiger partial charge in [-0.15, -0.1) is 11.3 Å². The van der Waals surface area contributed by atoms with Gasteiger partial charge in [-0.3, -0.25) is 0 Å². The fraction of sp³-hybridized carbons (Fsp3) is 0.333. The van der Waals surface area contributed by atoms with E-state index in [1.54, 1.807) is 5.56 Å². The molecule has 72 valence electrons. The Hall–Kier alpha value is -0.860. The van der Waals surface area contributed by atoms with E-state index in [2.05, 4.69) is 23.6 Å². The molecule has 0 fully saturated rings. The summed E-state index contributed by atoms with van der Waals surface area (Å²) in [5.41, 5.74) is 8.88. The number of hydrogen-bond acceptors (Lipinski definition) is 2. The van der Waals surface area contributed by atoms with Gasteiger partial charge < -0.3 is 5.73 Å². The van der Waals surface area contributed by atoms with Crippen LogP contribution in [0.4, 0.5) is 0 Å². The number of hydrogen-bond donors (Lipinski definition) is 1. The standard InChI is InChI=1S/C12H13NS/c13-7-10-4-2-8-1-3-9-5-6-14-12(9)11(8)10/h1,3,5-6,10H,2,4,7,13H2. The van der Waals surface area contributed by atoms with Crippen molar-refractivity contribution >= 4 is 21.4 Å². The number of thiophene rings is 1. The minimum absolute atomic E-state index is 0.604. The molecule has 1 heterocycles. The van der Waals surface area contributed by atoms with Gasteiger partial charge in [0.2, 0.25) is 0 Å². The minimum atomic E-state index is 0.604. The third-order valence-electron chi connectivity index (χ3n) is 3.21. The molecule has 0 spiro atoms. The summed E-state index contributed by atoms with van der Waals surface area (Å²) >= 11 is 1.86. The van der Waals surface area contributed by atoms with Crippen LogP contribution >= 0.6 is 11.3 Å². The minimum Gasteiger partial charge on any atom is -0.330 e. The van der Waals surface area contributed by atoms with Crippen LogP contribution in [0.2, 0.25) is 0 Å². The van der Waals surface area contributed by atoms with Crippen LogP contribution in [0.25, 0.3) is 10.1 Å². The summed E-state index contributed by atoms with van der Waals surface area (Å²) in [6.07, 6.45) is 2.45. The van der Waals surface area contributed by atoms with E-state index >= 15 is 0 Å². The van der Waals surface area contributed by atoms with Crippen molar-refractivity contribution in [2.24, 2.45) is 5.73 Å². The molecule has 1 aromatic carbocycles. The van der Waals surface area contributed by atoms with E-state index in [9.17, 15) is 0 Å². The van der Waals surface area contributed by atoms with E-state index in [1.165, 1.54) is 28.5 Å². The van der Waals surface area contributed by atoms with Crippen LogP contribution in [0.15, 0.2) is 23.6 Å². The van der Waals surface area contributed by atoms with E-state index in [4.69, 9.17) is 5.73 Å². The topological polar surface area (TPSA) is 26.0 Å². The molecule has 0 saturated heterocycles. The third-order valence-corrected chi connectivity index (χ3v) is 4.17. The Morgan fingerprint density at radius 2 is 2.29 bits per heavy atom.